The zero-order valence-electron chi connectivity index (χ0n) is 26.6. The Morgan fingerprint density at radius 1 is 0.614 bits per heavy atom. The van der Waals surface area contributed by atoms with Crippen molar-refractivity contribution in [2.45, 2.75) is 72.3 Å². The molecule has 44 heavy (non-hydrogen) atoms. The zero-order chi connectivity index (χ0) is 30.0. The molecule has 2 unspecified atom stereocenters. The highest BCUT2D eigenvalue weighted by molar-refractivity contribution is 6.27. The number of para-hydroxylation sites is 1. The van der Waals surface area contributed by atoms with E-state index in [1.54, 1.807) is 5.57 Å². The van der Waals surface area contributed by atoms with Crippen LogP contribution in [-0.2, 0) is 6.42 Å². The second-order valence-electron chi connectivity index (χ2n) is 14.1. The van der Waals surface area contributed by atoms with Gasteiger partial charge in [-0.15, -0.1) is 0 Å². The SMILES string of the molecule is CC1=C2Cc3c(C)c(c4ccc5cccc6ccc3c4c65)N(c3ccccc3)c3cccc(c3C)N1C1(C)CCCCC21C. The molecule has 0 N–H and O–H groups in total. The highest BCUT2D eigenvalue weighted by Crippen LogP contribution is 2.62. The summed E-state index contributed by atoms with van der Waals surface area (Å²) >= 11 is 0. The third kappa shape index (κ3) is 3.11. The minimum Gasteiger partial charge on any atom is -0.338 e. The molecule has 6 aromatic carbocycles. The molecule has 2 atom stereocenters. The van der Waals surface area contributed by atoms with E-state index in [1.165, 1.54) is 103 Å². The Morgan fingerprint density at radius 3 is 2.07 bits per heavy atom. The molecule has 2 heterocycles. The van der Waals surface area contributed by atoms with Crippen molar-refractivity contribution >= 4 is 55.1 Å². The van der Waals surface area contributed by atoms with Crippen molar-refractivity contribution in [1.29, 1.82) is 0 Å². The van der Waals surface area contributed by atoms with Gasteiger partial charge in [-0.2, -0.15) is 0 Å². The number of hydrogen-bond acceptors (Lipinski definition) is 2. The van der Waals surface area contributed by atoms with E-state index in [0.717, 1.165) is 6.42 Å². The van der Waals surface area contributed by atoms with Crippen LogP contribution in [0.3, 0.4) is 0 Å². The van der Waals surface area contributed by atoms with Crippen molar-refractivity contribution in [3.63, 3.8) is 0 Å². The normalized spacial score (nSPS) is 23.1. The second-order valence-corrected chi connectivity index (χ2v) is 14.1. The Hall–Kier alpha value is -4.30. The summed E-state index contributed by atoms with van der Waals surface area (Å²) in [6, 6.07) is 34.4. The van der Waals surface area contributed by atoms with E-state index in [0.29, 0.717) is 0 Å². The van der Waals surface area contributed by atoms with Crippen LogP contribution < -0.4 is 9.80 Å². The van der Waals surface area contributed by atoms with Crippen LogP contribution in [0.1, 0.15) is 63.1 Å². The topological polar surface area (TPSA) is 6.48 Å². The van der Waals surface area contributed by atoms with E-state index >= 15 is 0 Å². The number of fused-ring (bicyclic) bond motifs is 11. The van der Waals surface area contributed by atoms with Gasteiger partial charge in [0.2, 0.25) is 0 Å². The first-order valence-corrected chi connectivity index (χ1v) is 16.5. The molecule has 2 nitrogen and oxygen atoms in total. The van der Waals surface area contributed by atoms with Gasteiger partial charge in [0, 0.05) is 27.9 Å². The van der Waals surface area contributed by atoms with Gasteiger partial charge in [-0.05, 0) is 120 Å². The van der Waals surface area contributed by atoms with E-state index in [9.17, 15) is 0 Å². The van der Waals surface area contributed by atoms with Crippen LogP contribution in [0.25, 0.3) is 32.3 Å². The number of benzene rings is 6. The Morgan fingerprint density at radius 2 is 1.30 bits per heavy atom. The smallest absolute Gasteiger partial charge is 0.0572 e. The highest BCUT2D eigenvalue weighted by Gasteiger charge is 2.58. The highest BCUT2D eigenvalue weighted by atomic mass is 15.3. The largest absolute Gasteiger partial charge is 0.338 e. The maximum absolute atomic E-state index is 2.78. The van der Waals surface area contributed by atoms with Gasteiger partial charge in [-0.1, -0.05) is 86.5 Å². The lowest BCUT2D eigenvalue weighted by molar-refractivity contribution is 0.147. The average molecular weight is 573 g/mol. The van der Waals surface area contributed by atoms with E-state index in [1.807, 2.05) is 0 Å². The number of anilines is 4. The lowest BCUT2D eigenvalue weighted by Crippen LogP contribution is -2.54. The summed E-state index contributed by atoms with van der Waals surface area (Å²) in [5, 5.41) is 8.21. The predicted octanol–water partition coefficient (Wildman–Crippen LogP) is 11.7. The number of nitrogens with zero attached hydrogens (tertiary/aromatic N) is 2. The van der Waals surface area contributed by atoms with Crippen molar-refractivity contribution in [3.8, 4) is 0 Å². The fraction of sp³-hybridized carbons (Fsp3) is 0.286. The summed E-state index contributed by atoms with van der Waals surface area (Å²) in [6.07, 6.45) is 6.05. The first-order chi connectivity index (χ1) is 21.3. The standard InChI is InChI=1S/C42H40N2/c1-26-34-25-35-28(3)44(42(5)24-10-9-23-41(35,42)4)37-18-12-17-36(27(37)2)43(31-15-7-6-8-16-31)40(26)33-22-20-30-14-11-13-29-19-21-32(34)39(33)38(29)30/h6-8,11-22H,9-10,23-25H2,1-5H3. The Bertz CT molecular complexity index is 2160. The molecule has 2 heteroatoms. The lowest BCUT2D eigenvalue weighted by atomic mass is 9.60. The molecule has 1 aliphatic carbocycles. The molecule has 6 bridgehead atoms. The van der Waals surface area contributed by atoms with E-state index in [2.05, 4.69) is 135 Å². The van der Waals surface area contributed by atoms with Gasteiger partial charge in [0.05, 0.1) is 16.9 Å². The Labute approximate surface area is 260 Å². The molecule has 0 saturated heterocycles. The summed E-state index contributed by atoms with van der Waals surface area (Å²) in [7, 11) is 0. The van der Waals surface area contributed by atoms with Gasteiger partial charge >= 0.3 is 0 Å². The molecule has 1 saturated carbocycles. The minimum atomic E-state index is 0.0470. The minimum absolute atomic E-state index is 0.0470. The monoisotopic (exact) mass is 572 g/mol. The molecule has 9 rings (SSSR count). The quantitative estimate of drug-likeness (QED) is 0.181. The molecule has 1 fully saturated rings. The predicted molar refractivity (Wildman–Crippen MR) is 188 cm³/mol. The van der Waals surface area contributed by atoms with Crippen LogP contribution >= 0.6 is 0 Å². The zero-order valence-corrected chi connectivity index (χ0v) is 26.6. The van der Waals surface area contributed by atoms with Gasteiger partial charge < -0.3 is 9.80 Å². The number of rotatable bonds is 1. The van der Waals surface area contributed by atoms with Crippen LogP contribution in [0.4, 0.5) is 22.7 Å². The molecule has 218 valence electrons. The van der Waals surface area contributed by atoms with E-state index in [4.69, 9.17) is 0 Å². The molecule has 0 radical (unpaired) electrons. The summed E-state index contributed by atoms with van der Waals surface area (Å²) < 4.78 is 0. The van der Waals surface area contributed by atoms with Crippen LogP contribution in [0, 0.1) is 19.3 Å². The molecule has 0 amide bonds. The Kier molecular flexibility index (Phi) is 5.27. The summed E-state index contributed by atoms with van der Waals surface area (Å²) in [5.74, 6) is 0. The third-order valence-electron chi connectivity index (χ3n) is 12.2. The molecule has 6 aromatic rings. The molecule has 2 aliphatic heterocycles. The number of allylic oxidation sites excluding steroid dienone is 1. The molecule has 0 spiro atoms. The van der Waals surface area contributed by atoms with Gasteiger partial charge in [-0.3, -0.25) is 0 Å². The Balaban J connectivity index is 1.50. The molecular formula is C42H40N2. The third-order valence-corrected chi connectivity index (χ3v) is 12.2. The lowest BCUT2D eigenvalue weighted by Gasteiger charge is -2.52. The van der Waals surface area contributed by atoms with Gasteiger partial charge in [0.15, 0.2) is 0 Å². The fourth-order valence-electron chi connectivity index (χ4n) is 9.83. The van der Waals surface area contributed by atoms with Crippen molar-refractivity contribution in [2.24, 2.45) is 5.41 Å². The maximum atomic E-state index is 2.78. The van der Waals surface area contributed by atoms with Crippen LogP contribution in [-0.4, -0.2) is 5.54 Å². The van der Waals surface area contributed by atoms with Crippen molar-refractivity contribution in [3.05, 3.63) is 119 Å². The van der Waals surface area contributed by atoms with Crippen molar-refractivity contribution in [1.82, 2.24) is 0 Å². The molecule has 3 aliphatic rings. The van der Waals surface area contributed by atoms with Gasteiger partial charge in [0.25, 0.3) is 0 Å². The summed E-state index contributed by atoms with van der Waals surface area (Å²) in [4.78, 5) is 5.35. The second kappa shape index (κ2) is 8.88. The van der Waals surface area contributed by atoms with Crippen molar-refractivity contribution in [2.75, 3.05) is 9.80 Å². The van der Waals surface area contributed by atoms with E-state index < -0.39 is 0 Å². The van der Waals surface area contributed by atoms with E-state index in [-0.39, 0.29) is 11.0 Å². The first kappa shape index (κ1) is 26.1. The fourth-order valence-corrected chi connectivity index (χ4v) is 9.83. The van der Waals surface area contributed by atoms with Gasteiger partial charge in [0.1, 0.15) is 0 Å². The van der Waals surface area contributed by atoms with Crippen LogP contribution in [0.15, 0.2) is 102 Å². The van der Waals surface area contributed by atoms with Crippen LogP contribution in [0.2, 0.25) is 0 Å². The van der Waals surface area contributed by atoms with Crippen molar-refractivity contribution < 1.29 is 0 Å². The van der Waals surface area contributed by atoms with Crippen LogP contribution in [0.5, 0.6) is 0 Å². The average Bonchev–Trinajstić information content (AvgIpc) is 3.20. The summed E-state index contributed by atoms with van der Waals surface area (Å²) in [5.41, 5.74) is 12.7. The number of hydrogen-bond donors (Lipinski definition) is 0. The first-order valence-electron chi connectivity index (χ1n) is 16.5. The maximum Gasteiger partial charge on any atom is 0.0572 e. The van der Waals surface area contributed by atoms with Gasteiger partial charge in [-0.25, -0.2) is 0 Å². The summed E-state index contributed by atoms with van der Waals surface area (Å²) in [6.45, 7) is 12.3. The molecular weight excluding hydrogens is 532 g/mol. The molecule has 0 aromatic heterocycles.